The number of rotatable bonds is 5. The lowest BCUT2D eigenvalue weighted by atomic mass is 10.1. The number of hydrogen-bond acceptors (Lipinski definition) is 4. The van der Waals surface area contributed by atoms with E-state index in [1.54, 1.807) is 19.9 Å². The molecule has 1 amide bonds. The van der Waals surface area contributed by atoms with Gasteiger partial charge in [-0.25, -0.2) is 0 Å². The number of aliphatic hydroxyl groups is 1. The minimum Gasteiger partial charge on any atom is -0.396 e. The number of non-ortho nitro benzene ring substituents is 1. The quantitative estimate of drug-likeness (QED) is 0.612. The molecule has 0 aliphatic carbocycles. The molecule has 2 N–H and O–H groups in total. The van der Waals surface area contributed by atoms with Crippen molar-refractivity contribution in [2.24, 2.45) is 0 Å². The summed E-state index contributed by atoms with van der Waals surface area (Å²) in [6, 6.07) is 4.07. The van der Waals surface area contributed by atoms with Gasteiger partial charge in [-0.1, -0.05) is 0 Å². The van der Waals surface area contributed by atoms with Crippen molar-refractivity contribution in [1.82, 2.24) is 5.32 Å². The molecule has 1 rings (SSSR count). The topological polar surface area (TPSA) is 92.5 Å². The lowest BCUT2D eigenvalue weighted by Crippen LogP contribution is -2.33. The summed E-state index contributed by atoms with van der Waals surface area (Å²) in [7, 11) is 0. The molecule has 98 valence electrons. The zero-order chi connectivity index (χ0) is 13.7. The summed E-state index contributed by atoms with van der Waals surface area (Å²) in [6.07, 6.45) is 0.444. The van der Waals surface area contributed by atoms with Gasteiger partial charge in [-0.3, -0.25) is 14.9 Å². The molecule has 0 aliphatic heterocycles. The molecule has 0 aliphatic rings. The summed E-state index contributed by atoms with van der Waals surface area (Å²) in [4.78, 5) is 22.0. The Labute approximate surface area is 105 Å². The summed E-state index contributed by atoms with van der Waals surface area (Å²) < 4.78 is 0. The molecular formula is C12H16N2O4. The van der Waals surface area contributed by atoms with E-state index in [4.69, 9.17) is 5.11 Å². The fourth-order valence-electron chi connectivity index (χ4n) is 1.57. The van der Waals surface area contributed by atoms with Crippen molar-refractivity contribution in [3.8, 4) is 0 Å². The third-order valence-corrected chi connectivity index (χ3v) is 2.47. The number of nitro groups is 1. The van der Waals surface area contributed by atoms with Crippen LogP contribution in [-0.2, 0) is 0 Å². The largest absolute Gasteiger partial charge is 0.396 e. The Morgan fingerprint density at radius 2 is 2.17 bits per heavy atom. The van der Waals surface area contributed by atoms with Crippen LogP contribution < -0.4 is 5.32 Å². The third kappa shape index (κ3) is 3.81. The van der Waals surface area contributed by atoms with Crippen LogP contribution in [0, 0.1) is 17.0 Å². The van der Waals surface area contributed by atoms with Gasteiger partial charge >= 0.3 is 0 Å². The van der Waals surface area contributed by atoms with Crippen LogP contribution in [0.2, 0.25) is 0 Å². The highest BCUT2D eigenvalue weighted by Crippen LogP contribution is 2.16. The van der Waals surface area contributed by atoms with Crippen molar-refractivity contribution in [2.45, 2.75) is 26.3 Å². The molecule has 18 heavy (non-hydrogen) atoms. The van der Waals surface area contributed by atoms with Crippen LogP contribution >= 0.6 is 0 Å². The van der Waals surface area contributed by atoms with Crippen LogP contribution in [0.25, 0.3) is 0 Å². The highest BCUT2D eigenvalue weighted by molar-refractivity contribution is 5.95. The van der Waals surface area contributed by atoms with Gasteiger partial charge in [0.2, 0.25) is 0 Å². The first-order valence-electron chi connectivity index (χ1n) is 5.62. The molecular weight excluding hydrogens is 236 g/mol. The van der Waals surface area contributed by atoms with Crippen LogP contribution in [-0.4, -0.2) is 28.6 Å². The molecule has 1 aromatic rings. The van der Waals surface area contributed by atoms with Gasteiger partial charge in [0.15, 0.2) is 0 Å². The molecule has 0 aromatic heterocycles. The van der Waals surface area contributed by atoms with E-state index >= 15 is 0 Å². The van der Waals surface area contributed by atoms with E-state index in [2.05, 4.69) is 5.32 Å². The molecule has 0 saturated carbocycles. The number of nitrogens with zero attached hydrogens (tertiary/aromatic N) is 1. The van der Waals surface area contributed by atoms with Crippen LogP contribution in [0.3, 0.4) is 0 Å². The molecule has 0 bridgehead atoms. The van der Waals surface area contributed by atoms with E-state index in [1.165, 1.54) is 12.1 Å². The lowest BCUT2D eigenvalue weighted by Gasteiger charge is -2.12. The van der Waals surface area contributed by atoms with Gasteiger partial charge in [0, 0.05) is 30.3 Å². The van der Waals surface area contributed by atoms with E-state index in [9.17, 15) is 14.9 Å². The summed E-state index contributed by atoms with van der Waals surface area (Å²) in [5.41, 5.74) is 0.811. The number of nitro benzene ring substituents is 1. The molecule has 0 heterocycles. The molecule has 1 unspecified atom stereocenters. The van der Waals surface area contributed by atoms with Crippen LogP contribution in [0.15, 0.2) is 18.2 Å². The second-order valence-electron chi connectivity index (χ2n) is 4.20. The van der Waals surface area contributed by atoms with Gasteiger partial charge in [-0.2, -0.15) is 0 Å². The second-order valence-corrected chi connectivity index (χ2v) is 4.20. The molecule has 1 aromatic carbocycles. The number of carbonyl (C=O) groups is 1. The average molecular weight is 252 g/mol. The van der Waals surface area contributed by atoms with E-state index in [0.717, 1.165) is 0 Å². The van der Waals surface area contributed by atoms with Gasteiger partial charge in [0.05, 0.1) is 4.92 Å². The molecule has 0 radical (unpaired) electrons. The number of hydrogen-bond donors (Lipinski definition) is 2. The van der Waals surface area contributed by atoms with Crippen molar-refractivity contribution >= 4 is 11.6 Å². The summed E-state index contributed by atoms with van der Waals surface area (Å²) >= 11 is 0. The number of aliphatic hydroxyl groups excluding tert-OH is 1. The first-order valence-corrected chi connectivity index (χ1v) is 5.62. The minimum absolute atomic E-state index is 0.0184. The van der Waals surface area contributed by atoms with E-state index < -0.39 is 4.92 Å². The third-order valence-electron chi connectivity index (χ3n) is 2.47. The smallest absolute Gasteiger partial charge is 0.270 e. The monoisotopic (exact) mass is 252 g/mol. The molecule has 0 fully saturated rings. The molecule has 6 nitrogen and oxygen atoms in total. The predicted molar refractivity (Wildman–Crippen MR) is 66.5 cm³/mol. The Morgan fingerprint density at radius 1 is 1.50 bits per heavy atom. The van der Waals surface area contributed by atoms with Crippen molar-refractivity contribution in [2.75, 3.05) is 6.61 Å². The maximum absolute atomic E-state index is 11.8. The van der Waals surface area contributed by atoms with E-state index in [1.807, 2.05) is 0 Å². The van der Waals surface area contributed by atoms with E-state index in [0.29, 0.717) is 12.0 Å². The van der Waals surface area contributed by atoms with Crippen LogP contribution in [0.5, 0.6) is 0 Å². The summed E-state index contributed by atoms with van der Waals surface area (Å²) in [5.74, 6) is -0.372. The van der Waals surface area contributed by atoms with Crippen LogP contribution in [0.4, 0.5) is 5.69 Å². The number of benzene rings is 1. The first-order chi connectivity index (χ1) is 8.43. The van der Waals surface area contributed by atoms with E-state index in [-0.39, 0.29) is 29.8 Å². The Bertz CT molecular complexity index is 459. The SMILES string of the molecule is Cc1cc(C(=O)NC(C)CCO)cc([N+](=O)[O-])c1. The van der Waals surface area contributed by atoms with Crippen molar-refractivity contribution in [1.29, 1.82) is 0 Å². The number of aryl methyl sites for hydroxylation is 1. The van der Waals surface area contributed by atoms with Crippen molar-refractivity contribution in [3.63, 3.8) is 0 Å². The molecule has 0 saturated heterocycles. The van der Waals surface area contributed by atoms with Gasteiger partial charge in [0.25, 0.3) is 11.6 Å². The maximum Gasteiger partial charge on any atom is 0.270 e. The molecule has 0 spiro atoms. The standard InChI is InChI=1S/C12H16N2O4/c1-8-5-10(7-11(6-8)14(17)18)12(16)13-9(2)3-4-15/h5-7,9,15H,3-4H2,1-2H3,(H,13,16). The second kappa shape index (κ2) is 6.11. The Balaban J connectivity index is 2.88. The lowest BCUT2D eigenvalue weighted by molar-refractivity contribution is -0.384. The summed E-state index contributed by atoms with van der Waals surface area (Å²) in [6.45, 7) is 3.44. The number of amides is 1. The van der Waals surface area contributed by atoms with Crippen molar-refractivity contribution < 1.29 is 14.8 Å². The Hall–Kier alpha value is -1.95. The summed E-state index contributed by atoms with van der Waals surface area (Å²) in [5, 5.41) is 22.1. The highest BCUT2D eigenvalue weighted by atomic mass is 16.6. The minimum atomic E-state index is -0.527. The number of nitrogens with one attached hydrogen (secondary N) is 1. The predicted octanol–water partition coefficient (Wildman–Crippen LogP) is 1.40. The average Bonchev–Trinajstić information content (AvgIpc) is 2.28. The normalized spacial score (nSPS) is 11.9. The molecule has 1 atom stereocenters. The zero-order valence-electron chi connectivity index (χ0n) is 10.3. The van der Waals surface area contributed by atoms with Gasteiger partial charge in [0.1, 0.15) is 0 Å². The fourth-order valence-corrected chi connectivity index (χ4v) is 1.57. The van der Waals surface area contributed by atoms with Crippen molar-refractivity contribution in [3.05, 3.63) is 39.4 Å². The van der Waals surface area contributed by atoms with Gasteiger partial charge < -0.3 is 10.4 Å². The van der Waals surface area contributed by atoms with Crippen LogP contribution in [0.1, 0.15) is 29.3 Å². The zero-order valence-corrected chi connectivity index (χ0v) is 10.3. The Morgan fingerprint density at radius 3 is 2.72 bits per heavy atom. The fraction of sp³-hybridized carbons (Fsp3) is 0.417. The number of carbonyl (C=O) groups excluding carboxylic acids is 1. The van der Waals surface area contributed by atoms with Gasteiger partial charge in [-0.05, 0) is 31.9 Å². The maximum atomic E-state index is 11.8. The highest BCUT2D eigenvalue weighted by Gasteiger charge is 2.14. The molecule has 6 heteroatoms. The Kier molecular flexibility index (Phi) is 4.79. The first kappa shape index (κ1) is 14.1. The van der Waals surface area contributed by atoms with Gasteiger partial charge in [-0.15, -0.1) is 0 Å².